The van der Waals surface area contributed by atoms with Crippen LogP contribution in [0.5, 0.6) is 0 Å². The molecule has 90 heavy (non-hydrogen) atoms. The maximum absolute atomic E-state index is 6.95. The molecular formula is C50H117O15S20Si5+5. The molecule has 40 heteroatoms. The van der Waals surface area contributed by atoms with Gasteiger partial charge in [-0.25, -0.2) is 0 Å². The Morgan fingerprint density at radius 1 is 0.289 bits per heavy atom. The topological polar surface area (TPSA) is 138 Å². The minimum Gasteiger partial charge on any atom is -0.331 e. The predicted octanol–water partition coefficient (Wildman–Crippen LogP) is 20.2. The highest BCUT2D eigenvalue weighted by molar-refractivity contribution is 9.36. The summed E-state index contributed by atoms with van der Waals surface area (Å²) >= 11 is 0. The molecule has 0 amide bonds. The fourth-order valence-corrected chi connectivity index (χ4v) is 120. The van der Waals surface area contributed by atoms with Crippen LogP contribution >= 0.6 is 157 Å². The van der Waals surface area contributed by atoms with Crippen molar-refractivity contribution in [3.63, 3.8) is 0 Å². The van der Waals surface area contributed by atoms with Gasteiger partial charge in [0.25, 0.3) is 0 Å². The van der Waals surface area contributed by atoms with Gasteiger partial charge in [0.2, 0.25) is 0 Å². The van der Waals surface area contributed by atoms with Gasteiger partial charge in [-0.15, -0.1) is 0 Å². The van der Waals surface area contributed by atoms with Crippen LogP contribution in [0.1, 0.15) is 179 Å². The van der Waals surface area contributed by atoms with Crippen LogP contribution in [0.3, 0.4) is 0 Å². The molecule has 0 spiro atoms. The van der Waals surface area contributed by atoms with E-state index in [4.69, 9.17) is 66.4 Å². The van der Waals surface area contributed by atoms with Gasteiger partial charge in [0, 0.05) is 133 Å². The molecule has 0 aromatic rings. The molecule has 0 fully saturated rings. The molecule has 0 aliphatic heterocycles. The molecule has 8 atom stereocenters. The molecule has 0 N–H and O–H groups in total. The normalized spacial score (nSPS) is 16.8. The van der Waals surface area contributed by atoms with E-state index in [1.165, 1.54) is 0 Å². The summed E-state index contributed by atoms with van der Waals surface area (Å²) in [5.74, 6) is 4.69. The van der Waals surface area contributed by atoms with Crippen LogP contribution in [0.4, 0.5) is 0 Å². The molecule has 0 aromatic heterocycles. The molecule has 0 heterocycles. The molecular weight excluding hydrogens is 1620 g/mol. The lowest BCUT2D eigenvalue weighted by Crippen LogP contribution is -2.54. The SMILES string of the molecule is CCO[Si](OCC)(OCC)[S+](SCC)SSC(CCC(C)CC)C(C)(SS[S+](SCC)[Si](OCC)(OCC)OCC)C(SS[S+](SCC)[Si](OCC)(OCC)OCC)(SS[S+](SCC)[Si](OCC)(OCC)OCC)SS[S+](SCC)[Si](OCC)(OCC)OCC. The van der Waals surface area contributed by atoms with E-state index in [-0.39, 0.29) is 5.25 Å². The van der Waals surface area contributed by atoms with Crippen LogP contribution in [0.2, 0.25) is 0 Å². The summed E-state index contributed by atoms with van der Waals surface area (Å²) in [6, 6.07) is 0. The first-order valence-corrected chi connectivity index (χ1v) is 70.9. The predicted molar refractivity (Wildman–Crippen MR) is 450 cm³/mol. The summed E-state index contributed by atoms with van der Waals surface area (Å²) in [6.07, 6.45) is 2.97. The van der Waals surface area contributed by atoms with Gasteiger partial charge < -0.3 is 66.4 Å². The lowest BCUT2D eigenvalue weighted by molar-refractivity contribution is 0.0958. The first-order valence-electron chi connectivity index (χ1n) is 31.6. The number of hydrogen-bond donors (Lipinski definition) is 0. The first kappa shape index (κ1) is 97.5. The largest absolute Gasteiger partial charge is 0.808 e. The molecule has 15 nitrogen and oxygen atoms in total. The minimum atomic E-state index is -3.41. The monoisotopic (exact) mass is 1740 g/mol. The molecule has 0 aliphatic rings. The van der Waals surface area contributed by atoms with Crippen molar-refractivity contribution >= 4 is 239 Å². The van der Waals surface area contributed by atoms with Crippen molar-refractivity contribution < 1.29 is 66.4 Å². The van der Waals surface area contributed by atoms with Gasteiger partial charge in [0.15, 0.2) is 94.6 Å². The third-order valence-corrected chi connectivity index (χ3v) is 112. The first-order chi connectivity index (χ1) is 43.3. The summed E-state index contributed by atoms with van der Waals surface area (Å²) < 4.78 is 102. The molecule has 542 valence electrons. The van der Waals surface area contributed by atoms with Crippen molar-refractivity contribution in [2.24, 2.45) is 5.92 Å². The Hall–Kier alpha value is 7.48. The van der Waals surface area contributed by atoms with Gasteiger partial charge in [-0.05, 0) is 184 Å². The molecule has 0 saturated carbocycles. The Bertz CT molecular complexity index is 1540. The Morgan fingerprint density at radius 3 is 0.678 bits per heavy atom. The van der Waals surface area contributed by atoms with Gasteiger partial charge in [-0.1, -0.05) is 54.9 Å². The number of hydrogen-bond acceptors (Lipinski definition) is 30. The third kappa shape index (κ3) is 31.9. The van der Waals surface area contributed by atoms with E-state index in [9.17, 15) is 0 Å². The second kappa shape index (κ2) is 57.7. The van der Waals surface area contributed by atoms with Gasteiger partial charge in [-0.2, -0.15) is 0 Å². The van der Waals surface area contributed by atoms with Crippen molar-refractivity contribution in [1.29, 1.82) is 0 Å². The van der Waals surface area contributed by atoms with E-state index in [0.29, 0.717) is 105 Å². The van der Waals surface area contributed by atoms with Crippen molar-refractivity contribution in [1.82, 2.24) is 0 Å². The molecule has 0 aliphatic carbocycles. The fraction of sp³-hybridized carbons (Fsp3) is 1.00. The Labute approximate surface area is 623 Å². The number of rotatable bonds is 66. The molecule has 0 rings (SSSR count). The highest BCUT2D eigenvalue weighted by atomic mass is 33.8. The lowest BCUT2D eigenvalue weighted by atomic mass is 9.96. The van der Waals surface area contributed by atoms with Crippen molar-refractivity contribution in [3.05, 3.63) is 0 Å². The zero-order chi connectivity index (χ0) is 68.0. The molecule has 0 bridgehead atoms. The van der Waals surface area contributed by atoms with E-state index in [2.05, 4.69) is 159 Å². The standard InChI is InChI=1S/C50H117O15S20Si5/c1-24-47(22)45-46-48(71-76-81(66-40-17)86(51-25-2,52-26-3)53-27-4)49(23,72-77-82(67-41-18)87(54-28-5,55-29-6)56-30-7)50(73-78-83(68-42-19)88(57-31-8,58-32-9)59-33-10,74-79-84(69-43-20)89(60-34-11,61-35-12)62-36-13)75-80-85(70-44-21)90(63-37-14,64-38-15)65-39-16/h47-48H,24-46H2,1-23H3/q+5. The molecule has 8 unspecified atom stereocenters. The van der Waals surface area contributed by atoms with Crippen LogP contribution in [0.15, 0.2) is 0 Å². The Kier molecular flexibility index (Phi) is 62.5. The van der Waals surface area contributed by atoms with E-state index >= 15 is 0 Å². The zero-order valence-corrected chi connectivity index (χ0v) is 79.5. The van der Waals surface area contributed by atoms with Crippen LogP contribution in [-0.4, -0.2) is 181 Å². The average molecular weight is 1740 g/mol. The van der Waals surface area contributed by atoms with Crippen molar-refractivity contribution in [3.8, 4) is 0 Å². The van der Waals surface area contributed by atoms with Crippen LogP contribution in [0.25, 0.3) is 0 Å². The second-order valence-electron chi connectivity index (χ2n) is 17.2. The summed E-state index contributed by atoms with van der Waals surface area (Å²) in [6.45, 7) is 56.4. The van der Waals surface area contributed by atoms with Gasteiger partial charge in [0.05, 0.1) is 58.7 Å². The van der Waals surface area contributed by atoms with Gasteiger partial charge in [-0.3, -0.25) is 0 Å². The van der Waals surface area contributed by atoms with E-state index in [1.54, 1.807) is 0 Å². The maximum atomic E-state index is 6.95. The van der Waals surface area contributed by atoms with Crippen LogP contribution < -0.4 is 0 Å². The van der Waals surface area contributed by atoms with Crippen molar-refractivity contribution in [2.45, 2.75) is 192 Å². The molecule has 0 saturated heterocycles. The summed E-state index contributed by atoms with van der Waals surface area (Å²) in [5.41, 5.74) is 0. The smallest absolute Gasteiger partial charge is 0.331 e. The summed E-state index contributed by atoms with van der Waals surface area (Å²) in [5, 5.41) is -0.0402. The van der Waals surface area contributed by atoms with Crippen LogP contribution in [-0.2, 0) is 108 Å². The third-order valence-electron chi connectivity index (χ3n) is 10.9. The summed E-state index contributed by atoms with van der Waals surface area (Å²) in [4.78, 5) is 0. The quantitative estimate of drug-likeness (QED) is 0.0247. The van der Waals surface area contributed by atoms with E-state index in [1.807, 2.05) is 157 Å². The van der Waals surface area contributed by atoms with Crippen molar-refractivity contribution in [2.75, 3.05) is 128 Å². The zero-order valence-electron chi connectivity index (χ0n) is 58.2. The van der Waals surface area contributed by atoms with E-state index in [0.717, 1.165) is 48.0 Å². The Balaban J connectivity index is 10.6. The van der Waals surface area contributed by atoms with Gasteiger partial charge in [0.1, 0.15) is 0 Å². The lowest BCUT2D eigenvalue weighted by Gasteiger charge is -2.46. The second-order valence-corrected chi connectivity index (χ2v) is 88.5. The van der Waals surface area contributed by atoms with E-state index < -0.39 is 90.0 Å². The van der Waals surface area contributed by atoms with Crippen LogP contribution in [0, 0.1) is 5.92 Å². The van der Waals surface area contributed by atoms with Gasteiger partial charge >= 0.3 is 39.8 Å². The Morgan fingerprint density at radius 2 is 0.489 bits per heavy atom. The fourth-order valence-electron chi connectivity index (χ4n) is 7.26. The minimum absolute atomic E-state index is 0.0402. The maximum Gasteiger partial charge on any atom is 0.808 e. The average Bonchev–Trinajstić information content (AvgIpc) is 1.49. The highest BCUT2D eigenvalue weighted by Gasteiger charge is 2.75. The molecule has 0 aromatic carbocycles. The summed E-state index contributed by atoms with van der Waals surface area (Å²) in [7, 11) is 8.82. The highest BCUT2D eigenvalue weighted by Crippen LogP contribution is 2.76. The molecule has 0 radical (unpaired) electrons.